The van der Waals surface area contributed by atoms with E-state index in [0.29, 0.717) is 12.5 Å². The summed E-state index contributed by atoms with van der Waals surface area (Å²) in [5, 5.41) is 0. The average molecular weight is 1350 g/mol. The second-order valence-electron chi connectivity index (χ2n) is 29.9. The summed E-state index contributed by atoms with van der Waals surface area (Å²) in [7, 11) is 0. The van der Waals surface area contributed by atoms with E-state index in [1.54, 1.807) is 0 Å². The van der Waals surface area contributed by atoms with Crippen LogP contribution in [0.25, 0.3) is 77.9 Å². The number of hydrogen-bond acceptors (Lipinski definition) is 3. The highest BCUT2D eigenvalue weighted by molar-refractivity contribution is 5.93. The van der Waals surface area contributed by atoms with Crippen LogP contribution in [0, 0.1) is 0 Å². The molecule has 0 radical (unpaired) electrons. The minimum absolute atomic E-state index is 0.155. The molecule has 0 fully saturated rings. The molecule has 0 saturated heterocycles. The molecule has 0 bridgehead atoms. The highest BCUT2D eigenvalue weighted by Crippen LogP contribution is 2.59. The quantitative estimate of drug-likeness (QED) is 0.0904. The Bertz CT molecular complexity index is 5430. The van der Waals surface area contributed by atoms with Crippen molar-refractivity contribution in [3.8, 4) is 83.6 Å². The van der Waals surface area contributed by atoms with Gasteiger partial charge in [0.1, 0.15) is 12.4 Å². The zero-order valence-electron chi connectivity index (χ0n) is 60.4. The van der Waals surface area contributed by atoms with Gasteiger partial charge in [-0.3, -0.25) is 0 Å². The zero-order chi connectivity index (χ0) is 71.0. The number of hydrogen-bond donors (Lipinski definition) is 0. The van der Waals surface area contributed by atoms with Gasteiger partial charge in [-0.25, -0.2) is 0 Å². The second-order valence-corrected chi connectivity index (χ2v) is 29.9. The summed E-state index contributed by atoms with van der Waals surface area (Å²) in [6.07, 6.45) is 1.11. The van der Waals surface area contributed by atoms with Crippen LogP contribution in [0.15, 0.2) is 358 Å². The Morgan fingerprint density at radius 2 is 0.619 bits per heavy atom. The van der Waals surface area contributed by atoms with E-state index >= 15 is 0 Å². The third-order valence-electron chi connectivity index (χ3n) is 23.2. The molecule has 0 aliphatic heterocycles. The standard InChI is InChI=1S/C102H82N2O/c1-7-68(2)70-33-31-69(32-34-70)67-105-87-57-45-80(46-58-87)102(79-25-15-10-16-26-79)96-61-43-77(75-39-51-83(52-40-75)103(81-47-35-73(36-48-81)71-21-11-8-12-22-71)85-55-59-90-88-27-17-19-29-94(88)100(3,4)98(90)65-85)63-92(96)93-64-78(44-62-97(93)102)76-41-53-84(54-42-76)104(82-49-37-74(38-50-82)72-23-13-9-14-24-72)86-56-60-91-89-28-18-20-30-95(89)101(5,6)99(91)66-86/h8-66,68H,7,67H2,1-6H3. The van der Waals surface area contributed by atoms with E-state index < -0.39 is 5.41 Å². The summed E-state index contributed by atoms with van der Waals surface area (Å²) in [6, 6.07) is 133. The molecule has 3 nitrogen and oxygen atoms in total. The lowest BCUT2D eigenvalue weighted by Crippen LogP contribution is -2.28. The first-order valence-electron chi connectivity index (χ1n) is 37.2. The molecule has 0 heterocycles. The molecular weight excluding hydrogens is 1270 g/mol. The molecule has 3 aliphatic rings. The Hall–Kier alpha value is -12.3. The van der Waals surface area contributed by atoms with Gasteiger partial charge in [-0.15, -0.1) is 0 Å². The van der Waals surface area contributed by atoms with Crippen molar-refractivity contribution in [2.24, 2.45) is 0 Å². The number of benzene rings is 15. The molecule has 1 atom stereocenters. The fourth-order valence-corrected chi connectivity index (χ4v) is 17.3. The van der Waals surface area contributed by atoms with Crippen molar-refractivity contribution in [3.63, 3.8) is 0 Å². The maximum atomic E-state index is 6.60. The van der Waals surface area contributed by atoms with Crippen molar-refractivity contribution < 1.29 is 4.74 Å². The fourth-order valence-electron chi connectivity index (χ4n) is 17.3. The summed E-state index contributed by atoms with van der Waals surface area (Å²) in [4.78, 5) is 4.85. The van der Waals surface area contributed by atoms with Gasteiger partial charge in [0.15, 0.2) is 0 Å². The molecule has 0 amide bonds. The van der Waals surface area contributed by atoms with E-state index in [9.17, 15) is 0 Å². The highest BCUT2D eigenvalue weighted by Gasteiger charge is 2.47. The zero-order valence-corrected chi connectivity index (χ0v) is 60.4. The number of fused-ring (bicyclic) bond motifs is 9. The molecule has 1 unspecified atom stereocenters. The minimum atomic E-state index is -0.661. The second kappa shape index (κ2) is 26.2. The first-order valence-corrected chi connectivity index (χ1v) is 37.2. The van der Waals surface area contributed by atoms with E-state index in [2.05, 4.69) is 409 Å². The molecule has 15 aromatic carbocycles. The van der Waals surface area contributed by atoms with Crippen molar-refractivity contribution in [2.75, 3.05) is 9.80 Å². The van der Waals surface area contributed by atoms with Gasteiger partial charge < -0.3 is 14.5 Å². The average Bonchev–Trinajstić information content (AvgIpc) is 1.55. The molecule has 0 saturated carbocycles. The van der Waals surface area contributed by atoms with Crippen LogP contribution in [0.1, 0.15) is 110 Å². The lowest BCUT2D eigenvalue weighted by Gasteiger charge is -2.34. The van der Waals surface area contributed by atoms with Crippen LogP contribution in [-0.2, 0) is 22.9 Å². The van der Waals surface area contributed by atoms with E-state index in [-0.39, 0.29) is 10.8 Å². The normalized spacial score (nSPS) is 13.9. The summed E-state index contributed by atoms with van der Waals surface area (Å²) in [5.74, 6) is 1.36. The monoisotopic (exact) mass is 1350 g/mol. The molecule has 15 aromatic rings. The van der Waals surface area contributed by atoms with Gasteiger partial charge in [0.25, 0.3) is 0 Å². The number of nitrogens with zero attached hydrogens (tertiary/aromatic N) is 2. The van der Waals surface area contributed by atoms with Crippen LogP contribution < -0.4 is 14.5 Å². The highest BCUT2D eigenvalue weighted by atomic mass is 16.5. The Kier molecular flexibility index (Phi) is 16.2. The maximum absolute atomic E-state index is 6.60. The molecule has 3 heteroatoms. The molecule has 0 spiro atoms. The maximum Gasteiger partial charge on any atom is 0.119 e. The van der Waals surface area contributed by atoms with Crippen LogP contribution in [0.2, 0.25) is 0 Å². The van der Waals surface area contributed by atoms with Gasteiger partial charge in [-0.05, 0) is 243 Å². The predicted octanol–water partition coefficient (Wildman–Crippen LogP) is 27.4. The van der Waals surface area contributed by atoms with Crippen LogP contribution in [0.5, 0.6) is 5.75 Å². The summed E-state index contributed by atoms with van der Waals surface area (Å²) in [6.45, 7) is 14.5. The lowest BCUT2D eigenvalue weighted by molar-refractivity contribution is 0.306. The first-order chi connectivity index (χ1) is 51.4. The van der Waals surface area contributed by atoms with E-state index in [1.165, 1.54) is 106 Å². The Balaban J connectivity index is 0.742. The molecule has 0 N–H and O–H groups in total. The number of ether oxygens (including phenoxy) is 1. The van der Waals surface area contributed by atoms with Crippen LogP contribution in [-0.4, -0.2) is 0 Å². The van der Waals surface area contributed by atoms with Gasteiger partial charge in [0.2, 0.25) is 0 Å². The smallest absolute Gasteiger partial charge is 0.119 e. The van der Waals surface area contributed by atoms with Crippen LogP contribution in [0.4, 0.5) is 34.1 Å². The largest absolute Gasteiger partial charge is 0.489 e. The Morgan fingerprint density at radius 3 is 1.04 bits per heavy atom. The Morgan fingerprint density at radius 1 is 0.276 bits per heavy atom. The van der Waals surface area contributed by atoms with Gasteiger partial charge in [-0.1, -0.05) is 302 Å². The van der Waals surface area contributed by atoms with Crippen molar-refractivity contribution >= 4 is 34.1 Å². The SMILES string of the molecule is CCC(C)c1ccc(COc2ccc(C3(c4ccccc4)c4ccc(-c5ccc(N(c6ccc(-c7ccccc7)cc6)c6ccc7c(c6)C(C)(C)c6ccccc6-7)cc5)cc4-c4cc(-c5ccc(N(c6ccc(-c7ccccc7)cc6)c6ccc7c(c6)C(C)(C)c6ccccc6-7)cc5)ccc43)cc2)cc1. The van der Waals surface area contributed by atoms with Crippen LogP contribution in [0.3, 0.4) is 0 Å². The van der Waals surface area contributed by atoms with Gasteiger partial charge in [0.05, 0.1) is 5.41 Å². The molecular formula is C102H82N2O. The summed E-state index contributed by atoms with van der Waals surface area (Å²) < 4.78 is 6.60. The first kappa shape index (κ1) is 64.8. The fraction of sp³-hybridized carbons (Fsp3) is 0.118. The molecule has 0 aromatic heterocycles. The Labute approximate surface area is 618 Å². The predicted molar refractivity (Wildman–Crippen MR) is 439 cm³/mol. The van der Waals surface area contributed by atoms with Gasteiger partial charge >= 0.3 is 0 Å². The summed E-state index contributed by atoms with van der Waals surface area (Å²) >= 11 is 0. The molecule has 105 heavy (non-hydrogen) atoms. The number of rotatable bonds is 17. The van der Waals surface area contributed by atoms with E-state index in [1.807, 2.05) is 0 Å². The molecule has 18 rings (SSSR count). The topological polar surface area (TPSA) is 15.7 Å². The number of anilines is 6. The van der Waals surface area contributed by atoms with Crippen molar-refractivity contribution in [3.05, 3.63) is 414 Å². The molecule has 506 valence electrons. The van der Waals surface area contributed by atoms with Crippen molar-refractivity contribution in [1.29, 1.82) is 0 Å². The van der Waals surface area contributed by atoms with E-state index in [0.717, 1.165) is 74.1 Å². The summed E-state index contributed by atoms with van der Waals surface area (Å²) in [5.41, 5.74) is 35.5. The third kappa shape index (κ3) is 11.2. The van der Waals surface area contributed by atoms with Crippen LogP contribution >= 0.6 is 0 Å². The van der Waals surface area contributed by atoms with Gasteiger partial charge in [0, 0.05) is 45.0 Å². The minimum Gasteiger partial charge on any atom is -0.489 e. The third-order valence-corrected chi connectivity index (χ3v) is 23.2. The molecule has 3 aliphatic carbocycles. The van der Waals surface area contributed by atoms with Crippen molar-refractivity contribution in [1.82, 2.24) is 0 Å². The lowest BCUT2D eigenvalue weighted by atomic mass is 9.67. The van der Waals surface area contributed by atoms with Gasteiger partial charge in [-0.2, -0.15) is 0 Å². The van der Waals surface area contributed by atoms with Crippen molar-refractivity contribution in [2.45, 2.75) is 76.7 Å². The van der Waals surface area contributed by atoms with E-state index in [4.69, 9.17) is 4.74 Å².